The molecule has 8 heteroatoms. The van der Waals surface area contributed by atoms with E-state index in [0.29, 0.717) is 23.9 Å². The molecule has 4 rings (SSSR count). The van der Waals surface area contributed by atoms with E-state index in [4.69, 9.17) is 16.1 Å². The summed E-state index contributed by atoms with van der Waals surface area (Å²) < 4.78 is 6.75. The van der Waals surface area contributed by atoms with Gasteiger partial charge in [0.15, 0.2) is 5.82 Å². The smallest absolute Gasteiger partial charge is 0.287 e. The van der Waals surface area contributed by atoms with Gasteiger partial charge in [0.25, 0.3) is 5.56 Å². The molecule has 1 saturated heterocycles. The molecule has 0 aliphatic carbocycles. The summed E-state index contributed by atoms with van der Waals surface area (Å²) in [6.45, 7) is 5.17. The summed E-state index contributed by atoms with van der Waals surface area (Å²) >= 11 is 6.47. The van der Waals surface area contributed by atoms with Crippen LogP contribution in [-0.4, -0.2) is 26.5 Å². The molecule has 0 bridgehead atoms. The monoisotopic (exact) mass is 399 g/mol. The Morgan fingerprint density at radius 3 is 2.79 bits per heavy atom. The Morgan fingerprint density at radius 1 is 1.29 bits per heavy atom. The number of rotatable bonds is 5. The number of anilines is 1. The maximum atomic E-state index is 12.8. The minimum Gasteiger partial charge on any atom is -0.358 e. The van der Waals surface area contributed by atoms with Crippen molar-refractivity contribution in [3.8, 4) is 0 Å². The van der Waals surface area contributed by atoms with Gasteiger partial charge in [0.05, 0.1) is 24.5 Å². The average Bonchev–Trinajstić information content (AvgIpc) is 3.36. The molecule has 0 saturated carbocycles. The topological polar surface area (TPSA) is 77.1 Å². The van der Waals surface area contributed by atoms with Crippen molar-refractivity contribution in [3.63, 3.8) is 0 Å². The molecule has 1 aromatic carbocycles. The van der Waals surface area contributed by atoms with Crippen LogP contribution in [0.25, 0.3) is 0 Å². The summed E-state index contributed by atoms with van der Waals surface area (Å²) in [7, 11) is 0. The number of nitrogens with zero attached hydrogens (tertiary/aromatic N) is 5. The Kier molecular flexibility index (Phi) is 5.17. The van der Waals surface area contributed by atoms with Gasteiger partial charge in [0, 0.05) is 12.5 Å². The minimum absolute atomic E-state index is 0.0695. The van der Waals surface area contributed by atoms with Gasteiger partial charge in [-0.2, -0.15) is 10.1 Å². The molecule has 28 heavy (non-hydrogen) atoms. The molecule has 146 valence electrons. The zero-order chi connectivity index (χ0) is 19.7. The van der Waals surface area contributed by atoms with Crippen LogP contribution in [-0.2, 0) is 6.54 Å². The van der Waals surface area contributed by atoms with E-state index in [0.717, 1.165) is 24.9 Å². The highest BCUT2D eigenvalue weighted by Gasteiger charge is 2.32. The second-order valence-electron chi connectivity index (χ2n) is 7.29. The highest BCUT2D eigenvalue weighted by atomic mass is 35.5. The van der Waals surface area contributed by atoms with E-state index in [-0.39, 0.29) is 22.5 Å². The van der Waals surface area contributed by atoms with Gasteiger partial charge >= 0.3 is 0 Å². The Balaban J connectivity index is 1.62. The highest BCUT2D eigenvalue weighted by molar-refractivity contribution is 6.33. The number of benzene rings is 1. The number of aromatic nitrogens is 4. The molecule has 1 aliphatic rings. The number of hydrogen-bond acceptors (Lipinski definition) is 6. The molecule has 1 fully saturated rings. The van der Waals surface area contributed by atoms with Gasteiger partial charge in [0.1, 0.15) is 5.02 Å². The van der Waals surface area contributed by atoms with Crippen molar-refractivity contribution >= 4 is 17.3 Å². The maximum absolute atomic E-state index is 12.8. The third-order valence-corrected chi connectivity index (χ3v) is 5.31. The molecular weight excluding hydrogens is 378 g/mol. The van der Waals surface area contributed by atoms with Crippen LogP contribution in [0.1, 0.15) is 55.9 Å². The van der Waals surface area contributed by atoms with E-state index in [9.17, 15) is 4.79 Å². The van der Waals surface area contributed by atoms with Crippen molar-refractivity contribution in [3.05, 3.63) is 69.2 Å². The zero-order valence-electron chi connectivity index (χ0n) is 15.9. The first-order valence-electron chi connectivity index (χ1n) is 9.44. The third-order valence-electron chi connectivity index (χ3n) is 4.95. The van der Waals surface area contributed by atoms with Crippen LogP contribution < -0.4 is 10.5 Å². The lowest BCUT2D eigenvalue weighted by atomic mass is 10.2. The van der Waals surface area contributed by atoms with Crippen molar-refractivity contribution in [1.82, 2.24) is 19.9 Å². The van der Waals surface area contributed by atoms with Crippen LogP contribution in [0, 0.1) is 0 Å². The van der Waals surface area contributed by atoms with E-state index >= 15 is 0 Å². The van der Waals surface area contributed by atoms with Gasteiger partial charge in [-0.15, -0.1) is 0 Å². The zero-order valence-corrected chi connectivity index (χ0v) is 16.6. The first-order valence-corrected chi connectivity index (χ1v) is 9.82. The Morgan fingerprint density at radius 2 is 2.07 bits per heavy atom. The predicted octanol–water partition coefficient (Wildman–Crippen LogP) is 3.79. The van der Waals surface area contributed by atoms with Gasteiger partial charge in [0.2, 0.25) is 5.89 Å². The lowest BCUT2D eigenvalue weighted by Gasteiger charge is -2.25. The summed E-state index contributed by atoms with van der Waals surface area (Å²) in [4.78, 5) is 19.4. The fourth-order valence-corrected chi connectivity index (χ4v) is 3.72. The molecule has 3 heterocycles. The minimum atomic E-state index is -0.301. The van der Waals surface area contributed by atoms with Gasteiger partial charge in [-0.25, -0.2) is 4.68 Å². The Bertz CT molecular complexity index is 1010. The number of halogens is 1. The van der Waals surface area contributed by atoms with Crippen LogP contribution in [0.15, 0.2) is 45.8 Å². The van der Waals surface area contributed by atoms with Crippen molar-refractivity contribution in [2.45, 2.75) is 45.2 Å². The fraction of sp³-hybridized carbons (Fsp3) is 0.400. The molecule has 0 spiro atoms. The predicted molar refractivity (Wildman–Crippen MR) is 107 cm³/mol. The first kappa shape index (κ1) is 18.7. The molecule has 0 amide bonds. The Labute approximate surface area is 167 Å². The molecule has 1 atom stereocenters. The summed E-state index contributed by atoms with van der Waals surface area (Å²) in [6.07, 6.45) is 3.49. The summed E-state index contributed by atoms with van der Waals surface area (Å²) in [5.41, 5.74) is 1.31. The molecule has 7 nitrogen and oxygen atoms in total. The molecule has 0 N–H and O–H groups in total. The molecule has 2 aromatic heterocycles. The van der Waals surface area contributed by atoms with E-state index < -0.39 is 0 Å². The second-order valence-corrected chi connectivity index (χ2v) is 7.67. The van der Waals surface area contributed by atoms with Crippen LogP contribution >= 0.6 is 11.6 Å². The maximum Gasteiger partial charge on any atom is 0.287 e. The van der Waals surface area contributed by atoms with Gasteiger partial charge in [-0.3, -0.25) is 4.79 Å². The lowest BCUT2D eigenvalue weighted by molar-refractivity contribution is 0.358. The van der Waals surface area contributed by atoms with E-state index in [1.807, 2.05) is 44.2 Å². The quantitative estimate of drug-likeness (QED) is 0.649. The van der Waals surface area contributed by atoms with Crippen molar-refractivity contribution in [1.29, 1.82) is 0 Å². The highest BCUT2D eigenvalue weighted by Crippen LogP contribution is 2.37. The van der Waals surface area contributed by atoms with Crippen LogP contribution in [0.3, 0.4) is 0 Å². The first-order chi connectivity index (χ1) is 13.5. The summed E-state index contributed by atoms with van der Waals surface area (Å²) in [6, 6.07) is 9.64. The van der Waals surface area contributed by atoms with Gasteiger partial charge in [-0.1, -0.05) is 60.9 Å². The van der Waals surface area contributed by atoms with Gasteiger partial charge in [-0.05, 0) is 18.4 Å². The molecular formula is C20H22ClN5O2. The van der Waals surface area contributed by atoms with E-state index in [1.165, 1.54) is 4.68 Å². The second kappa shape index (κ2) is 7.75. The molecule has 1 aliphatic heterocycles. The fourth-order valence-electron chi connectivity index (χ4n) is 3.47. The normalized spacial score (nSPS) is 16.9. The third kappa shape index (κ3) is 3.54. The molecule has 1 unspecified atom stereocenters. The van der Waals surface area contributed by atoms with E-state index in [2.05, 4.69) is 20.1 Å². The molecule has 0 radical (unpaired) electrons. The molecule has 3 aromatic rings. The number of hydrogen-bond donors (Lipinski definition) is 0. The van der Waals surface area contributed by atoms with Crippen molar-refractivity contribution in [2.75, 3.05) is 11.4 Å². The van der Waals surface area contributed by atoms with E-state index in [1.54, 1.807) is 6.20 Å². The Hall–Kier alpha value is -2.67. The van der Waals surface area contributed by atoms with Crippen LogP contribution in [0.5, 0.6) is 0 Å². The van der Waals surface area contributed by atoms with Crippen molar-refractivity contribution < 1.29 is 4.52 Å². The van der Waals surface area contributed by atoms with Crippen LogP contribution in [0.2, 0.25) is 5.02 Å². The lowest BCUT2D eigenvalue weighted by Crippen LogP contribution is -2.30. The summed E-state index contributed by atoms with van der Waals surface area (Å²) in [5, 5.41) is 8.67. The van der Waals surface area contributed by atoms with Gasteiger partial charge < -0.3 is 9.42 Å². The largest absolute Gasteiger partial charge is 0.358 e. The standard InChI is InChI=1S/C20H22ClN5O2/c1-13(2)19-23-18(24-28-19)15-9-6-10-25(15)16-11-22-26(20(27)17(16)21)12-14-7-4-3-5-8-14/h3-5,7-8,11,13,15H,6,9-10,12H2,1-2H3. The van der Waals surface area contributed by atoms with Crippen molar-refractivity contribution in [2.24, 2.45) is 0 Å². The SMILES string of the molecule is CC(C)c1nc(C2CCCN2c2cnn(Cc3ccccc3)c(=O)c2Cl)no1. The van der Waals surface area contributed by atoms with Crippen LogP contribution in [0.4, 0.5) is 5.69 Å². The average molecular weight is 400 g/mol. The summed E-state index contributed by atoms with van der Waals surface area (Å²) in [5.74, 6) is 1.42.